The van der Waals surface area contributed by atoms with Gasteiger partial charge in [-0.15, -0.1) is 0 Å². The fourth-order valence-corrected chi connectivity index (χ4v) is 1.69. The molecule has 0 spiro atoms. The van der Waals surface area contributed by atoms with Crippen LogP contribution in [0.4, 0.5) is 5.69 Å². The molecule has 0 bridgehead atoms. The summed E-state index contributed by atoms with van der Waals surface area (Å²) in [6.45, 7) is 0. The number of methoxy groups -OCH3 is 1. The van der Waals surface area contributed by atoms with E-state index >= 15 is 0 Å². The molecule has 0 N–H and O–H groups in total. The van der Waals surface area contributed by atoms with Gasteiger partial charge in [-0.3, -0.25) is 10.1 Å². The highest BCUT2D eigenvalue weighted by Crippen LogP contribution is 2.28. The van der Waals surface area contributed by atoms with Crippen LogP contribution in [0.3, 0.4) is 0 Å². The molecule has 2 aromatic rings. The fourth-order valence-electron chi connectivity index (χ4n) is 1.51. The van der Waals surface area contributed by atoms with Gasteiger partial charge < -0.3 is 9.47 Å². The number of ether oxygens (including phenoxy) is 2. The molecule has 21 heavy (non-hydrogen) atoms. The third-order valence-electron chi connectivity index (χ3n) is 2.49. The predicted octanol–water partition coefficient (Wildman–Crippen LogP) is 3.22. The summed E-state index contributed by atoms with van der Waals surface area (Å²) in [6, 6.07) is 6.99. The molecule has 0 atom stereocenters. The van der Waals surface area contributed by atoms with Crippen molar-refractivity contribution in [1.82, 2.24) is 4.98 Å². The first-order valence-electron chi connectivity index (χ1n) is 5.67. The molecule has 0 unspecified atom stereocenters. The molecule has 0 amide bonds. The summed E-state index contributed by atoms with van der Waals surface area (Å²) in [4.78, 5) is 25.4. The van der Waals surface area contributed by atoms with Crippen LogP contribution < -0.4 is 4.74 Å². The van der Waals surface area contributed by atoms with Crippen LogP contribution in [0.2, 0.25) is 5.02 Å². The van der Waals surface area contributed by atoms with Gasteiger partial charge in [-0.1, -0.05) is 11.6 Å². The Labute approximate surface area is 124 Å². The van der Waals surface area contributed by atoms with E-state index in [0.29, 0.717) is 5.02 Å². The molecular formula is C13H9ClN2O5. The van der Waals surface area contributed by atoms with Gasteiger partial charge in [0, 0.05) is 17.2 Å². The molecule has 0 saturated carbocycles. The Morgan fingerprint density at radius 3 is 2.67 bits per heavy atom. The van der Waals surface area contributed by atoms with E-state index in [0.717, 1.165) is 6.20 Å². The van der Waals surface area contributed by atoms with Crippen LogP contribution in [-0.2, 0) is 4.74 Å². The number of carbonyl (C=O) groups is 1. The van der Waals surface area contributed by atoms with Crippen molar-refractivity contribution in [3.05, 3.63) is 57.2 Å². The van der Waals surface area contributed by atoms with Crippen LogP contribution in [0.5, 0.6) is 11.6 Å². The highest BCUT2D eigenvalue weighted by molar-refractivity contribution is 6.31. The predicted molar refractivity (Wildman–Crippen MR) is 73.8 cm³/mol. The summed E-state index contributed by atoms with van der Waals surface area (Å²) in [7, 11) is 1.23. The average Bonchev–Trinajstić information content (AvgIpc) is 2.48. The number of hydrogen-bond acceptors (Lipinski definition) is 6. The van der Waals surface area contributed by atoms with E-state index in [1.165, 1.54) is 37.4 Å². The lowest BCUT2D eigenvalue weighted by atomic mass is 10.2. The summed E-state index contributed by atoms with van der Waals surface area (Å²) in [6.07, 6.45) is 1.06. The summed E-state index contributed by atoms with van der Waals surface area (Å²) in [5.74, 6) is -0.324. The van der Waals surface area contributed by atoms with Crippen LogP contribution in [-0.4, -0.2) is 23.0 Å². The molecule has 0 radical (unpaired) electrons. The maximum Gasteiger partial charge on any atom is 0.341 e. The molecule has 0 saturated heterocycles. The molecule has 2 rings (SSSR count). The number of carbonyl (C=O) groups excluding carboxylic acids is 1. The summed E-state index contributed by atoms with van der Waals surface area (Å²) in [5.41, 5.74) is -0.0307. The highest BCUT2D eigenvalue weighted by atomic mass is 35.5. The number of benzene rings is 1. The van der Waals surface area contributed by atoms with Crippen LogP contribution in [0, 0.1) is 10.1 Å². The summed E-state index contributed by atoms with van der Waals surface area (Å²) in [5, 5.41) is 10.9. The minimum Gasteiger partial charge on any atom is -0.465 e. The first-order valence-corrected chi connectivity index (χ1v) is 6.05. The van der Waals surface area contributed by atoms with Gasteiger partial charge in [-0.2, -0.15) is 0 Å². The third-order valence-corrected chi connectivity index (χ3v) is 2.73. The molecule has 0 aliphatic rings. The minimum absolute atomic E-state index is 0.105. The SMILES string of the molecule is COC(=O)c1cc(Cl)ccc1Oc1ccc([N+](=O)[O-])cn1. The Hall–Kier alpha value is -2.67. The zero-order valence-corrected chi connectivity index (χ0v) is 11.5. The Morgan fingerprint density at radius 1 is 1.33 bits per heavy atom. The maximum atomic E-state index is 11.6. The lowest BCUT2D eigenvalue weighted by Gasteiger charge is -2.09. The largest absolute Gasteiger partial charge is 0.465 e. The van der Waals surface area contributed by atoms with Crippen LogP contribution in [0.25, 0.3) is 0 Å². The number of nitrogens with zero attached hydrogens (tertiary/aromatic N) is 2. The third kappa shape index (κ3) is 3.46. The molecule has 0 aliphatic carbocycles. The zero-order valence-electron chi connectivity index (χ0n) is 10.8. The minimum atomic E-state index is -0.616. The summed E-state index contributed by atoms with van der Waals surface area (Å²) >= 11 is 5.82. The molecule has 108 valence electrons. The number of hydrogen-bond donors (Lipinski definition) is 0. The van der Waals surface area contributed by atoms with Gasteiger partial charge in [0.2, 0.25) is 5.88 Å². The Kier molecular flexibility index (Phi) is 4.34. The smallest absolute Gasteiger partial charge is 0.341 e. The van der Waals surface area contributed by atoms with Gasteiger partial charge in [0.15, 0.2) is 0 Å². The topological polar surface area (TPSA) is 91.6 Å². The normalized spacial score (nSPS) is 10.0. The second-order valence-corrected chi connectivity index (χ2v) is 4.28. The van der Waals surface area contributed by atoms with Crippen LogP contribution in [0.1, 0.15) is 10.4 Å². The van der Waals surface area contributed by atoms with E-state index in [1.807, 2.05) is 0 Å². The molecular weight excluding hydrogens is 300 g/mol. The molecule has 1 heterocycles. The van der Waals surface area contributed by atoms with Gasteiger partial charge in [0.1, 0.15) is 17.5 Å². The number of rotatable bonds is 4. The average molecular weight is 309 g/mol. The molecule has 1 aromatic heterocycles. The van der Waals surface area contributed by atoms with Gasteiger partial charge in [0.05, 0.1) is 12.0 Å². The van der Waals surface area contributed by atoms with Crippen molar-refractivity contribution in [2.75, 3.05) is 7.11 Å². The quantitative estimate of drug-likeness (QED) is 0.489. The number of pyridine rings is 1. The van der Waals surface area contributed by atoms with Crippen molar-refractivity contribution >= 4 is 23.3 Å². The summed E-state index contributed by atoms with van der Waals surface area (Å²) < 4.78 is 10.1. The van der Waals surface area contributed by atoms with Crippen LogP contribution in [0.15, 0.2) is 36.5 Å². The van der Waals surface area contributed by atoms with Crippen molar-refractivity contribution in [3.8, 4) is 11.6 Å². The zero-order chi connectivity index (χ0) is 15.4. The van der Waals surface area contributed by atoms with E-state index in [1.54, 1.807) is 0 Å². The van der Waals surface area contributed by atoms with Crippen molar-refractivity contribution in [2.45, 2.75) is 0 Å². The van der Waals surface area contributed by atoms with E-state index in [-0.39, 0.29) is 22.9 Å². The second kappa shape index (κ2) is 6.19. The van der Waals surface area contributed by atoms with Crippen LogP contribution >= 0.6 is 11.6 Å². The standard InChI is InChI=1S/C13H9ClN2O5/c1-20-13(17)10-6-8(14)2-4-11(10)21-12-5-3-9(7-15-12)16(18)19/h2-7H,1H3. The number of aromatic nitrogens is 1. The number of nitro groups is 1. The van der Waals surface area contributed by atoms with Crippen molar-refractivity contribution < 1.29 is 19.2 Å². The Balaban J connectivity index is 2.30. The molecule has 7 nitrogen and oxygen atoms in total. The Bertz CT molecular complexity index is 687. The monoisotopic (exact) mass is 308 g/mol. The first-order chi connectivity index (χ1) is 10.0. The van der Waals surface area contributed by atoms with Crippen molar-refractivity contribution in [3.63, 3.8) is 0 Å². The molecule has 0 aliphatic heterocycles. The van der Waals surface area contributed by atoms with E-state index in [2.05, 4.69) is 9.72 Å². The lowest BCUT2D eigenvalue weighted by molar-refractivity contribution is -0.385. The molecule has 1 aromatic carbocycles. The van der Waals surface area contributed by atoms with E-state index in [9.17, 15) is 14.9 Å². The van der Waals surface area contributed by atoms with E-state index in [4.69, 9.17) is 16.3 Å². The maximum absolute atomic E-state index is 11.6. The number of halogens is 1. The van der Waals surface area contributed by atoms with Crippen molar-refractivity contribution in [1.29, 1.82) is 0 Å². The molecule has 0 fully saturated rings. The van der Waals surface area contributed by atoms with Crippen molar-refractivity contribution in [2.24, 2.45) is 0 Å². The van der Waals surface area contributed by atoms with Gasteiger partial charge >= 0.3 is 5.97 Å². The second-order valence-electron chi connectivity index (χ2n) is 3.85. The number of esters is 1. The van der Waals surface area contributed by atoms with Gasteiger partial charge in [0.25, 0.3) is 5.69 Å². The highest BCUT2D eigenvalue weighted by Gasteiger charge is 2.15. The Morgan fingerprint density at radius 2 is 2.10 bits per heavy atom. The molecule has 8 heteroatoms. The fraction of sp³-hybridized carbons (Fsp3) is 0.0769. The van der Waals surface area contributed by atoms with Gasteiger partial charge in [-0.25, -0.2) is 9.78 Å². The van der Waals surface area contributed by atoms with Gasteiger partial charge in [-0.05, 0) is 18.2 Å². The van der Waals surface area contributed by atoms with E-state index < -0.39 is 10.9 Å². The lowest BCUT2D eigenvalue weighted by Crippen LogP contribution is -2.04. The first kappa shape index (κ1) is 14.7.